The molecular weight excluding hydrogens is 386 g/mol. The average molecular weight is 414 g/mol. The minimum absolute atomic E-state index is 0.507. The second kappa shape index (κ2) is 8.07. The summed E-state index contributed by atoms with van der Waals surface area (Å²) >= 11 is 0. The molecule has 5 rings (SSSR count). The van der Waals surface area contributed by atoms with Crippen molar-refractivity contribution in [2.75, 3.05) is 31.6 Å². The van der Waals surface area contributed by atoms with Gasteiger partial charge in [-0.1, -0.05) is 6.07 Å². The summed E-state index contributed by atoms with van der Waals surface area (Å²) < 4.78 is 0. The van der Waals surface area contributed by atoms with Crippen molar-refractivity contribution in [2.24, 2.45) is 0 Å². The van der Waals surface area contributed by atoms with Gasteiger partial charge in [-0.25, -0.2) is 4.98 Å². The number of fused-ring (bicyclic) bond motifs is 1. The maximum atomic E-state index is 4.95. The highest BCUT2D eigenvalue weighted by Crippen LogP contribution is 2.30. The van der Waals surface area contributed by atoms with Crippen molar-refractivity contribution in [2.45, 2.75) is 26.3 Å². The normalized spacial score (nSPS) is 17.8. The molecule has 158 valence electrons. The SMILES string of the molecule is Cc1cccc(-c2[nH]ncc2-c2ccc3ncc(N4CCCN(C)C(C)C4)cc3n2)n1. The van der Waals surface area contributed by atoms with Crippen molar-refractivity contribution in [3.05, 3.63) is 54.5 Å². The first-order chi connectivity index (χ1) is 15.1. The lowest BCUT2D eigenvalue weighted by Crippen LogP contribution is -2.36. The van der Waals surface area contributed by atoms with Gasteiger partial charge in [-0.3, -0.25) is 15.1 Å². The molecule has 31 heavy (non-hydrogen) atoms. The van der Waals surface area contributed by atoms with Crippen LogP contribution in [0.2, 0.25) is 0 Å². The first kappa shape index (κ1) is 19.6. The number of H-pyrrole nitrogens is 1. The van der Waals surface area contributed by atoms with E-state index in [0.717, 1.165) is 71.1 Å². The van der Waals surface area contributed by atoms with Crippen molar-refractivity contribution >= 4 is 16.7 Å². The Morgan fingerprint density at radius 1 is 1.00 bits per heavy atom. The van der Waals surface area contributed by atoms with Crippen LogP contribution in [0.1, 0.15) is 19.0 Å². The third-order valence-electron chi connectivity index (χ3n) is 6.12. The molecule has 1 N–H and O–H groups in total. The Hall–Kier alpha value is -3.32. The molecule has 4 aromatic heterocycles. The van der Waals surface area contributed by atoms with Gasteiger partial charge < -0.3 is 9.80 Å². The van der Waals surface area contributed by atoms with Gasteiger partial charge in [-0.05, 0) is 64.2 Å². The van der Waals surface area contributed by atoms with Crippen molar-refractivity contribution in [3.63, 3.8) is 0 Å². The highest BCUT2D eigenvalue weighted by Gasteiger charge is 2.20. The zero-order valence-electron chi connectivity index (χ0n) is 18.2. The molecule has 0 radical (unpaired) electrons. The molecule has 4 aromatic rings. The predicted octanol–water partition coefficient (Wildman–Crippen LogP) is 3.92. The first-order valence-corrected chi connectivity index (χ1v) is 10.8. The Morgan fingerprint density at radius 3 is 2.77 bits per heavy atom. The number of anilines is 1. The van der Waals surface area contributed by atoms with E-state index in [2.05, 4.69) is 45.0 Å². The Balaban J connectivity index is 1.52. The molecule has 0 saturated carbocycles. The molecule has 1 aliphatic heterocycles. The fourth-order valence-electron chi connectivity index (χ4n) is 4.19. The summed E-state index contributed by atoms with van der Waals surface area (Å²) in [6.07, 6.45) is 4.94. The van der Waals surface area contributed by atoms with Crippen LogP contribution in [0.15, 0.2) is 48.8 Å². The van der Waals surface area contributed by atoms with Crippen molar-refractivity contribution in [1.29, 1.82) is 0 Å². The molecule has 0 spiro atoms. The molecule has 1 unspecified atom stereocenters. The van der Waals surface area contributed by atoms with Crippen LogP contribution in [-0.4, -0.2) is 62.8 Å². The second-order valence-corrected chi connectivity index (χ2v) is 8.38. The molecular formula is C24H27N7. The number of aryl methyl sites for hydroxylation is 1. The largest absolute Gasteiger partial charge is 0.369 e. The molecule has 1 saturated heterocycles. The zero-order valence-corrected chi connectivity index (χ0v) is 18.2. The number of pyridine rings is 3. The van der Waals surface area contributed by atoms with Gasteiger partial charge in [-0.2, -0.15) is 5.10 Å². The molecule has 1 aliphatic rings. The highest BCUT2D eigenvalue weighted by molar-refractivity contribution is 5.84. The first-order valence-electron chi connectivity index (χ1n) is 10.8. The van der Waals surface area contributed by atoms with Gasteiger partial charge >= 0.3 is 0 Å². The number of nitrogens with zero attached hydrogens (tertiary/aromatic N) is 6. The van der Waals surface area contributed by atoms with Crippen LogP contribution in [-0.2, 0) is 0 Å². The highest BCUT2D eigenvalue weighted by atomic mass is 15.2. The maximum absolute atomic E-state index is 4.95. The van der Waals surface area contributed by atoms with Crippen LogP contribution in [0, 0.1) is 6.92 Å². The van der Waals surface area contributed by atoms with Gasteiger partial charge in [0.1, 0.15) is 0 Å². The summed E-state index contributed by atoms with van der Waals surface area (Å²) in [5.41, 5.74) is 7.43. The van der Waals surface area contributed by atoms with Gasteiger partial charge in [0.25, 0.3) is 0 Å². The number of aromatic amines is 1. The monoisotopic (exact) mass is 413 g/mol. The van der Waals surface area contributed by atoms with Gasteiger partial charge in [-0.15, -0.1) is 0 Å². The molecule has 1 atom stereocenters. The third-order valence-corrected chi connectivity index (χ3v) is 6.12. The fourth-order valence-corrected chi connectivity index (χ4v) is 4.19. The van der Waals surface area contributed by atoms with Crippen LogP contribution >= 0.6 is 0 Å². The Labute approximate surface area is 182 Å². The molecule has 0 bridgehead atoms. The number of hydrogen-bond acceptors (Lipinski definition) is 6. The topological polar surface area (TPSA) is 73.8 Å². The summed E-state index contributed by atoms with van der Waals surface area (Å²) in [5, 5.41) is 7.36. The van der Waals surface area contributed by atoms with E-state index in [9.17, 15) is 0 Å². The van der Waals surface area contributed by atoms with E-state index in [1.54, 1.807) is 0 Å². The van der Waals surface area contributed by atoms with Gasteiger partial charge in [0.05, 0.1) is 46.2 Å². The maximum Gasteiger partial charge on any atom is 0.0928 e. The Bertz CT molecular complexity index is 1220. The quantitative estimate of drug-likeness (QED) is 0.549. The van der Waals surface area contributed by atoms with Crippen LogP contribution in [0.5, 0.6) is 0 Å². The van der Waals surface area contributed by atoms with Crippen LogP contribution in [0.4, 0.5) is 5.69 Å². The van der Waals surface area contributed by atoms with Gasteiger partial charge in [0.2, 0.25) is 0 Å². The van der Waals surface area contributed by atoms with E-state index in [-0.39, 0.29) is 0 Å². The third kappa shape index (κ3) is 3.88. The van der Waals surface area contributed by atoms with E-state index in [4.69, 9.17) is 9.97 Å². The van der Waals surface area contributed by atoms with E-state index < -0.39 is 0 Å². The van der Waals surface area contributed by atoms with Crippen LogP contribution < -0.4 is 4.90 Å². The molecule has 1 fully saturated rings. The number of likely N-dealkylation sites (N-methyl/N-ethyl adjacent to an activating group) is 1. The lowest BCUT2D eigenvalue weighted by molar-refractivity contribution is 0.278. The summed E-state index contributed by atoms with van der Waals surface area (Å²) in [6, 6.07) is 12.7. The number of hydrogen-bond donors (Lipinski definition) is 1. The van der Waals surface area contributed by atoms with Crippen molar-refractivity contribution in [1.82, 2.24) is 30.0 Å². The van der Waals surface area contributed by atoms with E-state index in [1.165, 1.54) is 0 Å². The van der Waals surface area contributed by atoms with E-state index >= 15 is 0 Å². The molecule has 7 nitrogen and oxygen atoms in total. The van der Waals surface area contributed by atoms with E-state index in [1.807, 2.05) is 49.6 Å². The molecule has 0 amide bonds. The average Bonchev–Trinajstić information content (AvgIpc) is 3.21. The van der Waals surface area contributed by atoms with E-state index in [0.29, 0.717) is 6.04 Å². The van der Waals surface area contributed by atoms with Crippen LogP contribution in [0.3, 0.4) is 0 Å². The van der Waals surface area contributed by atoms with Crippen molar-refractivity contribution < 1.29 is 0 Å². The van der Waals surface area contributed by atoms with Gasteiger partial charge in [0.15, 0.2) is 0 Å². The fraction of sp³-hybridized carbons (Fsp3) is 0.333. The summed E-state index contributed by atoms with van der Waals surface area (Å²) in [6.45, 7) is 7.42. The number of aromatic nitrogens is 5. The summed E-state index contributed by atoms with van der Waals surface area (Å²) in [4.78, 5) is 19.1. The molecule has 0 aromatic carbocycles. The van der Waals surface area contributed by atoms with Gasteiger partial charge in [0, 0.05) is 30.4 Å². The smallest absolute Gasteiger partial charge is 0.0928 e. The Morgan fingerprint density at radius 2 is 1.90 bits per heavy atom. The zero-order chi connectivity index (χ0) is 21.4. The predicted molar refractivity (Wildman–Crippen MR) is 124 cm³/mol. The second-order valence-electron chi connectivity index (χ2n) is 8.38. The van der Waals surface area contributed by atoms with Crippen LogP contribution in [0.25, 0.3) is 33.7 Å². The lowest BCUT2D eigenvalue weighted by atomic mass is 10.1. The number of rotatable bonds is 3. The standard InChI is InChI=1S/C24H27N7/c1-16-6-4-7-22(27-16)24-19(14-26-29-24)20-8-9-21-23(28-20)12-18(13-25-21)31-11-5-10-30(3)17(2)15-31/h4,6-9,12-14,17H,5,10-11,15H2,1-3H3,(H,26,29). The summed E-state index contributed by atoms with van der Waals surface area (Å²) in [5.74, 6) is 0. The molecule has 0 aliphatic carbocycles. The molecule has 5 heterocycles. The lowest BCUT2D eigenvalue weighted by Gasteiger charge is -2.27. The summed E-state index contributed by atoms with van der Waals surface area (Å²) in [7, 11) is 2.20. The van der Waals surface area contributed by atoms with Crippen molar-refractivity contribution in [3.8, 4) is 22.6 Å². The number of nitrogens with one attached hydrogen (secondary N) is 1. The minimum Gasteiger partial charge on any atom is -0.369 e. The Kier molecular flexibility index (Phi) is 5.11. The molecule has 7 heteroatoms. The minimum atomic E-state index is 0.507.